The largest absolute Gasteiger partial charge is 0.340 e. The van der Waals surface area contributed by atoms with Crippen LogP contribution < -0.4 is 10.5 Å². The number of aromatic amines is 1. The van der Waals surface area contributed by atoms with Crippen LogP contribution >= 0.6 is 11.3 Å². The van der Waals surface area contributed by atoms with Gasteiger partial charge in [0.1, 0.15) is 5.39 Å². The molecule has 4 rings (SSSR count). The molecule has 3 aromatic heterocycles. The van der Waals surface area contributed by atoms with Crippen LogP contribution in [0.2, 0.25) is 0 Å². The molecule has 0 aromatic carbocycles. The number of H-pyrrole nitrogens is 1. The summed E-state index contributed by atoms with van der Waals surface area (Å²) in [6.45, 7) is 10.8. The molecule has 1 N–H and O–H groups in total. The second-order valence-corrected chi connectivity index (χ2v) is 8.73. The number of anilines is 1. The van der Waals surface area contributed by atoms with E-state index in [0.717, 1.165) is 32.7 Å². The molecule has 1 fully saturated rings. The average molecular weight is 372 g/mol. The van der Waals surface area contributed by atoms with Crippen LogP contribution in [0.1, 0.15) is 25.6 Å². The number of fused-ring (bicyclic) bond motifs is 1. The van der Waals surface area contributed by atoms with Crippen molar-refractivity contribution in [2.75, 3.05) is 31.1 Å². The lowest BCUT2D eigenvalue weighted by molar-refractivity contribution is 0.250. The topological polar surface area (TPSA) is 70.1 Å². The fourth-order valence-corrected chi connectivity index (χ4v) is 4.03. The van der Waals surface area contributed by atoms with Crippen molar-refractivity contribution in [2.45, 2.75) is 32.9 Å². The van der Waals surface area contributed by atoms with Gasteiger partial charge in [0.25, 0.3) is 5.56 Å². The molecule has 8 heteroatoms. The van der Waals surface area contributed by atoms with Gasteiger partial charge in [-0.3, -0.25) is 14.7 Å². The minimum absolute atomic E-state index is 0.124. The Morgan fingerprint density at radius 1 is 1.23 bits per heavy atom. The summed E-state index contributed by atoms with van der Waals surface area (Å²) in [5.41, 5.74) is 0.304. The molecular weight excluding hydrogens is 348 g/mol. The SMILES string of the molecule is CC(C)(C)n1ncc2c(=O)[nH]c(N3CCN(Cc4cccs4)CC3)nc21. The van der Waals surface area contributed by atoms with Gasteiger partial charge in [0.15, 0.2) is 5.65 Å². The summed E-state index contributed by atoms with van der Waals surface area (Å²) in [7, 11) is 0. The van der Waals surface area contributed by atoms with Crippen LogP contribution in [-0.4, -0.2) is 50.8 Å². The van der Waals surface area contributed by atoms with Gasteiger partial charge in [-0.05, 0) is 32.2 Å². The highest BCUT2D eigenvalue weighted by Gasteiger charge is 2.23. The standard InChI is InChI=1S/C18H24N6OS/c1-18(2,3)24-15-14(11-19-24)16(25)21-17(20-15)23-8-6-22(7-9-23)12-13-5-4-10-26-13/h4-5,10-11H,6-9,12H2,1-3H3,(H,20,21,25). The van der Waals surface area contributed by atoms with E-state index in [-0.39, 0.29) is 11.1 Å². The van der Waals surface area contributed by atoms with Crippen molar-refractivity contribution in [3.63, 3.8) is 0 Å². The number of hydrogen-bond acceptors (Lipinski definition) is 6. The maximum atomic E-state index is 12.5. The van der Waals surface area contributed by atoms with E-state index in [1.54, 1.807) is 17.5 Å². The molecule has 26 heavy (non-hydrogen) atoms. The van der Waals surface area contributed by atoms with Crippen LogP contribution in [-0.2, 0) is 12.1 Å². The molecule has 0 aliphatic carbocycles. The molecule has 1 aliphatic rings. The van der Waals surface area contributed by atoms with Gasteiger partial charge in [0.2, 0.25) is 5.95 Å². The van der Waals surface area contributed by atoms with E-state index in [1.165, 1.54) is 4.88 Å². The van der Waals surface area contributed by atoms with E-state index < -0.39 is 0 Å². The van der Waals surface area contributed by atoms with Crippen molar-refractivity contribution in [1.82, 2.24) is 24.6 Å². The number of nitrogens with zero attached hydrogens (tertiary/aromatic N) is 5. The predicted octanol–water partition coefficient (Wildman–Crippen LogP) is 2.26. The normalized spacial score (nSPS) is 16.5. The monoisotopic (exact) mass is 372 g/mol. The molecule has 138 valence electrons. The Kier molecular flexibility index (Phi) is 4.32. The van der Waals surface area contributed by atoms with Crippen molar-refractivity contribution in [1.29, 1.82) is 0 Å². The molecule has 7 nitrogen and oxygen atoms in total. The molecule has 0 radical (unpaired) electrons. The number of hydrogen-bond donors (Lipinski definition) is 1. The van der Waals surface area contributed by atoms with Gasteiger partial charge >= 0.3 is 0 Å². The van der Waals surface area contributed by atoms with Crippen LogP contribution in [0.5, 0.6) is 0 Å². The number of rotatable bonds is 3. The lowest BCUT2D eigenvalue weighted by atomic mass is 10.1. The fraction of sp³-hybridized carbons (Fsp3) is 0.500. The van der Waals surface area contributed by atoms with E-state index in [1.807, 2.05) is 4.68 Å². The molecule has 3 aromatic rings. The Balaban J connectivity index is 1.55. The van der Waals surface area contributed by atoms with Crippen molar-refractivity contribution < 1.29 is 0 Å². The Bertz CT molecular complexity index is 944. The number of nitrogens with one attached hydrogen (secondary N) is 1. The Morgan fingerprint density at radius 3 is 2.65 bits per heavy atom. The van der Waals surface area contributed by atoms with E-state index in [9.17, 15) is 4.79 Å². The van der Waals surface area contributed by atoms with E-state index in [4.69, 9.17) is 4.98 Å². The quantitative estimate of drug-likeness (QED) is 0.764. The van der Waals surface area contributed by atoms with Gasteiger partial charge in [-0.25, -0.2) is 4.68 Å². The summed E-state index contributed by atoms with van der Waals surface area (Å²) in [5, 5.41) is 7.04. The number of aromatic nitrogens is 4. The second-order valence-electron chi connectivity index (χ2n) is 7.70. The maximum Gasteiger partial charge on any atom is 0.263 e. The molecule has 1 saturated heterocycles. The molecule has 1 aliphatic heterocycles. The highest BCUT2D eigenvalue weighted by atomic mass is 32.1. The average Bonchev–Trinajstić information content (AvgIpc) is 3.24. The third-order valence-corrected chi connectivity index (χ3v) is 5.55. The van der Waals surface area contributed by atoms with Crippen LogP contribution in [0.4, 0.5) is 5.95 Å². The van der Waals surface area contributed by atoms with Crippen LogP contribution in [0, 0.1) is 0 Å². The summed E-state index contributed by atoms with van der Waals surface area (Å²) in [4.78, 5) is 26.1. The van der Waals surface area contributed by atoms with Crippen molar-refractivity contribution in [3.05, 3.63) is 38.9 Å². The summed E-state index contributed by atoms with van der Waals surface area (Å²) in [5.74, 6) is 0.643. The van der Waals surface area contributed by atoms with E-state index >= 15 is 0 Å². The third kappa shape index (κ3) is 3.26. The van der Waals surface area contributed by atoms with Crippen LogP contribution in [0.15, 0.2) is 28.5 Å². The predicted molar refractivity (Wildman–Crippen MR) is 105 cm³/mol. The smallest absolute Gasteiger partial charge is 0.263 e. The molecule has 0 spiro atoms. The first-order valence-corrected chi connectivity index (χ1v) is 9.78. The Hall–Kier alpha value is -2.19. The van der Waals surface area contributed by atoms with E-state index in [2.05, 4.69) is 58.2 Å². The number of piperazine rings is 1. The molecule has 4 heterocycles. The lowest BCUT2D eigenvalue weighted by Gasteiger charge is -2.34. The molecule has 0 bridgehead atoms. The Morgan fingerprint density at radius 2 is 2.00 bits per heavy atom. The first-order valence-electron chi connectivity index (χ1n) is 8.90. The first-order chi connectivity index (χ1) is 12.4. The molecule has 0 amide bonds. The van der Waals surface area contributed by atoms with Gasteiger partial charge in [0.05, 0.1) is 11.7 Å². The Labute approximate surface area is 156 Å². The van der Waals surface area contributed by atoms with Crippen molar-refractivity contribution >= 4 is 28.3 Å². The number of thiophene rings is 1. The van der Waals surface area contributed by atoms with Crippen molar-refractivity contribution in [2.24, 2.45) is 0 Å². The maximum absolute atomic E-state index is 12.5. The third-order valence-electron chi connectivity index (χ3n) is 4.69. The highest BCUT2D eigenvalue weighted by molar-refractivity contribution is 7.09. The van der Waals surface area contributed by atoms with Crippen LogP contribution in [0.3, 0.4) is 0 Å². The van der Waals surface area contributed by atoms with E-state index in [0.29, 0.717) is 17.0 Å². The van der Waals surface area contributed by atoms with Crippen molar-refractivity contribution in [3.8, 4) is 0 Å². The highest BCUT2D eigenvalue weighted by Crippen LogP contribution is 2.21. The lowest BCUT2D eigenvalue weighted by Crippen LogP contribution is -2.46. The van der Waals surface area contributed by atoms with Gasteiger partial charge in [-0.1, -0.05) is 6.07 Å². The van der Waals surface area contributed by atoms with Crippen LogP contribution in [0.25, 0.3) is 11.0 Å². The zero-order valence-electron chi connectivity index (χ0n) is 15.4. The van der Waals surface area contributed by atoms with Gasteiger partial charge in [0, 0.05) is 37.6 Å². The van der Waals surface area contributed by atoms with Gasteiger partial charge < -0.3 is 4.90 Å². The summed E-state index contributed by atoms with van der Waals surface area (Å²) < 4.78 is 1.83. The minimum atomic E-state index is -0.223. The van der Waals surface area contributed by atoms with Gasteiger partial charge in [-0.15, -0.1) is 11.3 Å². The zero-order chi connectivity index (χ0) is 18.3. The summed E-state index contributed by atoms with van der Waals surface area (Å²) >= 11 is 1.80. The minimum Gasteiger partial charge on any atom is -0.340 e. The molecular formula is C18H24N6OS. The summed E-state index contributed by atoms with van der Waals surface area (Å²) in [6.07, 6.45) is 1.61. The van der Waals surface area contributed by atoms with Gasteiger partial charge in [-0.2, -0.15) is 10.1 Å². The first kappa shape index (κ1) is 17.2. The fourth-order valence-electron chi connectivity index (χ4n) is 3.29. The zero-order valence-corrected chi connectivity index (χ0v) is 16.2. The summed E-state index contributed by atoms with van der Waals surface area (Å²) in [6, 6.07) is 4.27. The molecule has 0 atom stereocenters. The second kappa shape index (κ2) is 6.51. The molecule has 0 unspecified atom stereocenters. The molecule has 0 saturated carbocycles.